The van der Waals surface area contributed by atoms with Gasteiger partial charge in [0.2, 0.25) is 0 Å². The van der Waals surface area contributed by atoms with Gasteiger partial charge < -0.3 is 20.5 Å². The number of carbonyl (C=O) groups is 1. The SMILES string of the molecule is C=C/C(=C(\C)OCCNC(=O)OC(C)(C)C)c1cc(N)c(F)cc1F. The summed E-state index contributed by atoms with van der Waals surface area (Å²) in [6, 6.07) is 1.90. The molecule has 0 saturated carbocycles. The van der Waals surface area contributed by atoms with Crippen LogP contribution in [-0.4, -0.2) is 24.8 Å². The van der Waals surface area contributed by atoms with Gasteiger partial charge >= 0.3 is 6.09 Å². The number of ether oxygens (including phenoxy) is 2. The Hall–Kier alpha value is -2.57. The van der Waals surface area contributed by atoms with E-state index in [1.807, 2.05) is 0 Å². The van der Waals surface area contributed by atoms with Crippen molar-refractivity contribution in [3.05, 3.63) is 47.7 Å². The summed E-state index contributed by atoms with van der Waals surface area (Å²) < 4.78 is 37.8. The number of hydrogen-bond donors (Lipinski definition) is 2. The van der Waals surface area contributed by atoms with E-state index in [2.05, 4.69) is 11.9 Å². The van der Waals surface area contributed by atoms with Gasteiger partial charge in [-0.05, 0) is 33.8 Å². The fourth-order valence-electron chi connectivity index (χ4n) is 1.96. The second kappa shape index (κ2) is 8.50. The number of amides is 1. The lowest BCUT2D eigenvalue weighted by Crippen LogP contribution is -2.34. The highest BCUT2D eigenvalue weighted by molar-refractivity contribution is 5.77. The lowest BCUT2D eigenvalue weighted by atomic mass is 10.0. The summed E-state index contributed by atoms with van der Waals surface area (Å²) in [6.07, 6.45) is 0.839. The molecule has 0 fully saturated rings. The molecule has 0 unspecified atom stereocenters. The number of alkyl carbamates (subject to hydrolysis) is 1. The molecular weight excluding hydrogens is 330 g/mol. The standard InChI is InChI=1S/C18H24F2N2O3/c1-6-12(13-9-16(21)15(20)10-14(13)19)11(2)24-8-7-22-17(23)25-18(3,4)5/h6,9-10H,1,7-8,21H2,2-5H3,(H,22,23)/b12-11-. The molecule has 7 heteroatoms. The molecule has 0 bridgehead atoms. The Morgan fingerprint density at radius 1 is 1.32 bits per heavy atom. The van der Waals surface area contributed by atoms with Crippen molar-refractivity contribution >= 4 is 17.4 Å². The molecule has 0 aliphatic rings. The van der Waals surface area contributed by atoms with Crippen molar-refractivity contribution in [3.8, 4) is 0 Å². The Labute approximate surface area is 146 Å². The van der Waals surface area contributed by atoms with Gasteiger partial charge in [0.1, 0.15) is 29.6 Å². The lowest BCUT2D eigenvalue weighted by molar-refractivity contribution is 0.0513. The van der Waals surface area contributed by atoms with E-state index >= 15 is 0 Å². The zero-order valence-corrected chi connectivity index (χ0v) is 14.9. The summed E-state index contributed by atoms with van der Waals surface area (Å²) in [5, 5.41) is 2.54. The van der Waals surface area contributed by atoms with Crippen LogP contribution in [0.25, 0.3) is 5.57 Å². The molecule has 1 amide bonds. The third-order valence-electron chi connectivity index (χ3n) is 3.05. The second-order valence-corrected chi connectivity index (χ2v) is 6.30. The van der Waals surface area contributed by atoms with Crippen LogP contribution in [0.15, 0.2) is 30.5 Å². The largest absolute Gasteiger partial charge is 0.496 e. The Morgan fingerprint density at radius 2 is 1.96 bits per heavy atom. The first-order valence-corrected chi connectivity index (χ1v) is 7.73. The third-order valence-corrected chi connectivity index (χ3v) is 3.05. The number of carbonyl (C=O) groups excluding carboxylic acids is 1. The highest BCUT2D eigenvalue weighted by atomic mass is 19.1. The molecule has 3 N–H and O–H groups in total. The number of nitrogens with one attached hydrogen (secondary N) is 1. The summed E-state index contributed by atoms with van der Waals surface area (Å²) in [5.41, 5.74) is 5.17. The van der Waals surface area contributed by atoms with Gasteiger partial charge in [-0.2, -0.15) is 0 Å². The summed E-state index contributed by atoms with van der Waals surface area (Å²) in [4.78, 5) is 11.5. The highest BCUT2D eigenvalue weighted by Crippen LogP contribution is 2.27. The molecule has 0 aliphatic heterocycles. The minimum atomic E-state index is -0.829. The van der Waals surface area contributed by atoms with Crippen LogP contribution < -0.4 is 11.1 Å². The van der Waals surface area contributed by atoms with Crippen LogP contribution in [0, 0.1) is 11.6 Å². The zero-order valence-electron chi connectivity index (χ0n) is 14.9. The number of nitrogens with two attached hydrogens (primary N) is 1. The second-order valence-electron chi connectivity index (χ2n) is 6.30. The third kappa shape index (κ3) is 6.45. The van der Waals surface area contributed by atoms with Crippen molar-refractivity contribution in [3.63, 3.8) is 0 Å². The lowest BCUT2D eigenvalue weighted by Gasteiger charge is -2.19. The van der Waals surface area contributed by atoms with E-state index in [9.17, 15) is 13.6 Å². The molecule has 5 nitrogen and oxygen atoms in total. The maximum Gasteiger partial charge on any atom is 0.407 e. The smallest absolute Gasteiger partial charge is 0.407 e. The van der Waals surface area contributed by atoms with Crippen molar-refractivity contribution in [2.45, 2.75) is 33.3 Å². The van der Waals surface area contributed by atoms with E-state index in [4.69, 9.17) is 15.2 Å². The molecule has 25 heavy (non-hydrogen) atoms. The van der Waals surface area contributed by atoms with Crippen LogP contribution in [0.5, 0.6) is 0 Å². The molecule has 1 aromatic carbocycles. The van der Waals surface area contributed by atoms with Crippen LogP contribution in [0.4, 0.5) is 19.3 Å². The summed E-state index contributed by atoms with van der Waals surface area (Å²) in [6.45, 7) is 10.9. The van der Waals surface area contributed by atoms with Crippen molar-refractivity contribution < 1.29 is 23.0 Å². The van der Waals surface area contributed by atoms with Gasteiger partial charge in [-0.25, -0.2) is 13.6 Å². The number of allylic oxidation sites excluding steroid dienone is 3. The summed E-state index contributed by atoms with van der Waals surface area (Å²) in [7, 11) is 0. The fourth-order valence-corrected chi connectivity index (χ4v) is 1.96. The zero-order chi connectivity index (χ0) is 19.2. The van der Waals surface area contributed by atoms with E-state index in [-0.39, 0.29) is 24.4 Å². The Morgan fingerprint density at radius 3 is 2.52 bits per heavy atom. The average Bonchev–Trinajstić information content (AvgIpc) is 2.47. The number of benzene rings is 1. The Bertz CT molecular complexity index is 680. The molecule has 1 aromatic rings. The van der Waals surface area contributed by atoms with Crippen molar-refractivity contribution in [1.82, 2.24) is 5.32 Å². The predicted molar refractivity (Wildman–Crippen MR) is 93.8 cm³/mol. The molecule has 0 aliphatic carbocycles. The van der Waals surface area contributed by atoms with E-state index in [1.54, 1.807) is 27.7 Å². The van der Waals surface area contributed by atoms with Gasteiger partial charge in [-0.1, -0.05) is 12.7 Å². The molecule has 0 atom stereocenters. The Kier molecular flexibility index (Phi) is 6.97. The first-order chi connectivity index (χ1) is 11.5. The molecule has 138 valence electrons. The molecule has 0 heterocycles. The van der Waals surface area contributed by atoms with Crippen LogP contribution in [-0.2, 0) is 9.47 Å². The fraction of sp³-hybridized carbons (Fsp3) is 0.389. The van der Waals surface area contributed by atoms with Gasteiger partial charge in [0.25, 0.3) is 0 Å². The average molecular weight is 354 g/mol. The van der Waals surface area contributed by atoms with E-state index in [0.29, 0.717) is 17.4 Å². The summed E-state index contributed by atoms with van der Waals surface area (Å²) >= 11 is 0. The van der Waals surface area contributed by atoms with E-state index in [1.165, 1.54) is 12.1 Å². The monoisotopic (exact) mass is 354 g/mol. The minimum Gasteiger partial charge on any atom is -0.496 e. The van der Waals surface area contributed by atoms with Gasteiger partial charge in [0, 0.05) is 17.2 Å². The van der Waals surface area contributed by atoms with Crippen molar-refractivity contribution in [2.24, 2.45) is 0 Å². The highest BCUT2D eigenvalue weighted by Gasteiger charge is 2.16. The quantitative estimate of drug-likeness (QED) is 0.350. The first kappa shape index (κ1) is 20.5. The maximum atomic E-state index is 14.0. The van der Waals surface area contributed by atoms with Crippen LogP contribution in [0.1, 0.15) is 33.3 Å². The van der Waals surface area contributed by atoms with Crippen LogP contribution in [0.3, 0.4) is 0 Å². The van der Waals surface area contributed by atoms with E-state index in [0.717, 1.165) is 0 Å². The first-order valence-electron chi connectivity index (χ1n) is 7.73. The number of anilines is 1. The van der Waals surface area contributed by atoms with Crippen molar-refractivity contribution in [2.75, 3.05) is 18.9 Å². The molecule has 0 spiro atoms. The number of hydrogen-bond acceptors (Lipinski definition) is 4. The maximum absolute atomic E-state index is 14.0. The number of rotatable bonds is 6. The molecule has 0 aromatic heterocycles. The van der Waals surface area contributed by atoms with Gasteiger partial charge in [0.15, 0.2) is 0 Å². The number of nitrogen functional groups attached to an aromatic ring is 1. The molecular formula is C18H24F2N2O3. The predicted octanol–water partition coefficient (Wildman–Crippen LogP) is 4.01. The molecule has 0 radical (unpaired) electrons. The minimum absolute atomic E-state index is 0.0894. The van der Waals surface area contributed by atoms with Crippen LogP contribution in [0.2, 0.25) is 0 Å². The molecule has 1 rings (SSSR count). The Balaban J connectivity index is 2.72. The molecule has 0 saturated heterocycles. The van der Waals surface area contributed by atoms with Gasteiger partial charge in [-0.3, -0.25) is 0 Å². The summed E-state index contributed by atoms with van der Waals surface area (Å²) in [5.74, 6) is -1.23. The van der Waals surface area contributed by atoms with Crippen LogP contribution >= 0.6 is 0 Å². The van der Waals surface area contributed by atoms with Crippen molar-refractivity contribution in [1.29, 1.82) is 0 Å². The topological polar surface area (TPSA) is 73.6 Å². The van der Waals surface area contributed by atoms with Gasteiger partial charge in [0.05, 0.1) is 12.2 Å². The van der Waals surface area contributed by atoms with Gasteiger partial charge in [-0.15, -0.1) is 0 Å². The number of halogens is 2. The van der Waals surface area contributed by atoms with E-state index < -0.39 is 23.3 Å². The normalized spacial score (nSPS) is 12.2.